The Bertz CT molecular complexity index is 355. The van der Waals surface area contributed by atoms with E-state index in [1.165, 1.54) is 19.4 Å². The van der Waals surface area contributed by atoms with Crippen LogP contribution in [0.2, 0.25) is 0 Å². The highest BCUT2D eigenvalue weighted by Gasteiger charge is 2.22. The number of piperazine rings is 1. The van der Waals surface area contributed by atoms with Crippen molar-refractivity contribution in [2.24, 2.45) is 4.99 Å². The molecule has 2 atom stereocenters. The molecule has 6 nitrogen and oxygen atoms in total. The highest BCUT2D eigenvalue weighted by atomic mass is 15.3. The van der Waals surface area contributed by atoms with E-state index in [0.717, 1.165) is 45.2 Å². The number of guanidine groups is 1. The Morgan fingerprint density at radius 1 is 1.25 bits per heavy atom. The van der Waals surface area contributed by atoms with Crippen LogP contribution in [0.1, 0.15) is 33.6 Å². The standard InChI is InChI=1S/C18H40N6/c1-7-24(8-2)11-9-10-16(3)21-18(19-4)20-14-17-15-22(5)12-13-23(17)6/h16-17H,7-15H2,1-6H3,(H2,19,20,21). The summed E-state index contributed by atoms with van der Waals surface area (Å²) in [6.45, 7) is 14.5. The van der Waals surface area contributed by atoms with Crippen molar-refractivity contribution in [3.05, 3.63) is 0 Å². The lowest BCUT2D eigenvalue weighted by molar-refractivity contribution is 0.116. The molecule has 1 fully saturated rings. The second-order valence-corrected chi connectivity index (χ2v) is 7.06. The Labute approximate surface area is 149 Å². The molecule has 0 aromatic carbocycles. The predicted octanol–water partition coefficient (Wildman–Crippen LogP) is 0.908. The van der Waals surface area contributed by atoms with Crippen molar-refractivity contribution in [2.75, 3.05) is 67.0 Å². The fraction of sp³-hybridized carbons (Fsp3) is 0.944. The molecule has 0 radical (unpaired) electrons. The Kier molecular flexibility index (Phi) is 10.3. The van der Waals surface area contributed by atoms with E-state index in [-0.39, 0.29) is 0 Å². The van der Waals surface area contributed by atoms with Gasteiger partial charge in [-0.05, 0) is 53.5 Å². The molecule has 1 aliphatic rings. The molecular formula is C18H40N6. The van der Waals surface area contributed by atoms with E-state index in [1.807, 2.05) is 7.05 Å². The quantitative estimate of drug-likeness (QED) is 0.482. The first-order valence-electron chi connectivity index (χ1n) is 9.58. The summed E-state index contributed by atoms with van der Waals surface area (Å²) in [7, 11) is 6.27. The van der Waals surface area contributed by atoms with Crippen molar-refractivity contribution in [3.8, 4) is 0 Å². The number of rotatable bonds is 9. The molecule has 1 aliphatic heterocycles. The van der Waals surface area contributed by atoms with Crippen molar-refractivity contribution >= 4 is 5.96 Å². The van der Waals surface area contributed by atoms with Gasteiger partial charge in [0.15, 0.2) is 5.96 Å². The molecule has 0 spiro atoms. The molecule has 0 aromatic rings. The normalized spacial score (nSPS) is 22.0. The summed E-state index contributed by atoms with van der Waals surface area (Å²) in [5.74, 6) is 0.923. The fourth-order valence-electron chi connectivity index (χ4n) is 3.20. The molecule has 2 N–H and O–H groups in total. The van der Waals surface area contributed by atoms with Gasteiger partial charge >= 0.3 is 0 Å². The summed E-state index contributed by atoms with van der Waals surface area (Å²) in [6, 6.07) is 0.985. The number of likely N-dealkylation sites (N-methyl/N-ethyl adjacent to an activating group) is 2. The zero-order chi connectivity index (χ0) is 17.9. The Morgan fingerprint density at radius 3 is 2.58 bits per heavy atom. The third-order valence-corrected chi connectivity index (χ3v) is 5.10. The minimum absolute atomic E-state index is 0.443. The number of aliphatic imine (C=N–C) groups is 1. The largest absolute Gasteiger partial charge is 0.355 e. The molecule has 24 heavy (non-hydrogen) atoms. The van der Waals surface area contributed by atoms with Gasteiger partial charge in [0.25, 0.3) is 0 Å². The second kappa shape index (κ2) is 11.7. The highest BCUT2D eigenvalue weighted by Crippen LogP contribution is 2.05. The van der Waals surface area contributed by atoms with Crippen molar-refractivity contribution < 1.29 is 0 Å². The van der Waals surface area contributed by atoms with E-state index in [9.17, 15) is 0 Å². The maximum Gasteiger partial charge on any atom is 0.191 e. The average molecular weight is 341 g/mol. The van der Waals surface area contributed by atoms with Crippen LogP contribution in [0.4, 0.5) is 0 Å². The topological polar surface area (TPSA) is 46.1 Å². The van der Waals surface area contributed by atoms with Crippen LogP contribution in [0.15, 0.2) is 4.99 Å². The van der Waals surface area contributed by atoms with Gasteiger partial charge in [0, 0.05) is 45.3 Å². The lowest BCUT2D eigenvalue weighted by atomic mass is 10.1. The first-order chi connectivity index (χ1) is 11.5. The molecule has 0 saturated carbocycles. The smallest absolute Gasteiger partial charge is 0.191 e. The first kappa shape index (κ1) is 21.2. The first-order valence-corrected chi connectivity index (χ1v) is 9.58. The highest BCUT2D eigenvalue weighted by molar-refractivity contribution is 5.79. The summed E-state index contributed by atoms with van der Waals surface area (Å²) in [5.41, 5.74) is 0. The van der Waals surface area contributed by atoms with Crippen LogP contribution in [0.5, 0.6) is 0 Å². The van der Waals surface area contributed by atoms with E-state index in [4.69, 9.17) is 0 Å². The number of hydrogen-bond acceptors (Lipinski definition) is 4. The molecule has 6 heteroatoms. The monoisotopic (exact) mass is 340 g/mol. The maximum absolute atomic E-state index is 4.38. The summed E-state index contributed by atoms with van der Waals surface area (Å²) in [5, 5.41) is 7.03. The summed E-state index contributed by atoms with van der Waals surface area (Å²) >= 11 is 0. The molecule has 1 saturated heterocycles. The molecule has 0 amide bonds. The van der Waals surface area contributed by atoms with Crippen LogP contribution < -0.4 is 10.6 Å². The average Bonchev–Trinajstić information content (AvgIpc) is 2.58. The number of nitrogens with one attached hydrogen (secondary N) is 2. The number of nitrogens with zero attached hydrogens (tertiary/aromatic N) is 4. The van der Waals surface area contributed by atoms with Gasteiger partial charge in [-0.1, -0.05) is 13.8 Å². The SMILES string of the molecule is CCN(CC)CCCC(C)NC(=NC)NCC1CN(C)CCN1C. The summed E-state index contributed by atoms with van der Waals surface area (Å²) in [6.07, 6.45) is 2.40. The third kappa shape index (κ3) is 7.81. The molecular weight excluding hydrogens is 300 g/mol. The zero-order valence-corrected chi connectivity index (χ0v) is 16.8. The molecule has 0 aromatic heterocycles. The Hall–Kier alpha value is -0.850. The van der Waals surface area contributed by atoms with Crippen LogP contribution in [0.25, 0.3) is 0 Å². The Balaban J connectivity index is 2.28. The van der Waals surface area contributed by atoms with Crippen LogP contribution in [0.3, 0.4) is 0 Å². The lowest BCUT2D eigenvalue weighted by Crippen LogP contribution is -2.55. The van der Waals surface area contributed by atoms with Crippen LogP contribution in [-0.2, 0) is 0 Å². The van der Waals surface area contributed by atoms with Crippen molar-refractivity contribution in [3.63, 3.8) is 0 Å². The van der Waals surface area contributed by atoms with Crippen LogP contribution in [-0.4, -0.2) is 99.7 Å². The van der Waals surface area contributed by atoms with E-state index < -0.39 is 0 Å². The lowest BCUT2D eigenvalue weighted by Gasteiger charge is -2.38. The molecule has 1 rings (SSSR count). The van der Waals surface area contributed by atoms with Gasteiger partial charge in [0.1, 0.15) is 0 Å². The third-order valence-electron chi connectivity index (χ3n) is 5.10. The van der Waals surface area contributed by atoms with Crippen molar-refractivity contribution in [1.29, 1.82) is 0 Å². The maximum atomic E-state index is 4.38. The van der Waals surface area contributed by atoms with Gasteiger partial charge in [-0.3, -0.25) is 9.89 Å². The summed E-state index contributed by atoms with van der Waals surface area (Å²) in [4.78, 5) is 11.7. The van der Waals surface area contributed by atoms with Gasteiger partial charge in [-0.15, -0.1) is 0 Å². The van der Waals surface area contributed by atoms with Gasteiger partial charge in [0.05, 0.1) is 0 Å². The van der Waals surface area contributed by atoms with Crippen LogP contribution in [0, 0.1) is 0 Å². The molecule has 0 aliphatic carbocycles. The van der Waals surface area contributed by atoms with Gasteiger partial charge in [-0.2, -0.15) is 0 Å². The zero-order valence-electron chi connectivity index (χ0n) is 16.8. The fourth-order valence-corrected chi connectivity index (χ4v) is 3.20. The van der Waals surface area contributed by atoms with E-state index in [1.54, 1.807) is 0 Å². The molecule has 142 valence electrons. The van der Waals surface area contributed by atoms with E-state index in [2.05, 4.69) is 65.2 Å². The minimum Gasteiger partial charge on any atom is -0.355 e. The Morgan fingerprint density at radius 2 is 1.96 bits per heavy atom. The molecule has 0 bridgehead atoms. The van der Waals surface area contributed by atoms with Crippen molar-refractivity contribution in [2.45, 2.75) is 45.7 Å². The predicted molar refractivity (Wildman–Crippen MR) is 105 cm³/mol. The van der Waals surface area contributed by atoms with Gasteiger partial charge in [0.2, 0.25) is 0 Å². The molecule has 1 heterocycles. The van der Waals surface area contributed by atoms with E-state index >= 15 is 0 Å². The summed E-state index contributed by atoms with van der Waals surface area (Å²) < 4.78 is 0. The second-order valence-electron chi connectivity index (χ2n) is 7.06. The van der Waals surface area contributed by atoms with Crippen molar-refractivity contribution in [1.82, 2.24) is 25.3 Å². The van der Waals surface area contributed by atoms with E-state index in [0.29, 0.717) is 12.1 Å². The minimum atomic E-state index is 0.443. The van der Waals surface area contributed by atoms with Crippen LogP contribution >= 0.6 is 0 Å². The van der Waals surface area contributed by atoms with Gasteiger partial charge < -0.3 is 20.4 Å². The number of hydrogen-bond donors (Lipinski definition) is 2. The van der Waals surface area contributed by atoms with Gasteiger partial charge in [-0.25, -0.2) is 0 Å². The molecule has 2 unspecified atom stereocenters.